The van der Waals surface area contributed by atoms with E-state index in [0.717, 1.165) is 29.5 Å². The molecule has 7 nitrogen and oxygen atoms in total. The van der Waals surface area contributed by atoms with E-state index in [1.54, 1.807) is 25.3 Å². The Morgan fingerprint density at radius 3 is 2.66 bits per heavy atom. The largest absolute Gasteiger partial charge is 0.497 e. The van der Waals surface area contributed by atoms with Crippen LogP contribution >= 0.6 is 0 Å². The number of hydrogen-bond acceptors (Lipinski definition) is 4. The summed E-state index contributed by atoms with van der Waals surface area (Å²) in [5, 5.41) is 13.5. The van der Waals surface area contributed by atoms with Gasteiger partial charge >= 0.3 is 6.03 Å². The number of amides is 2. The van der Waals surface area contributed by atoms with Crippen LogP contribution in [0.1, 0.15) is 18.9 Å². The third-order valence-electron chi connectivity index (χ3n) is 5.11. The molecule has 1 unspecified atom stereocenters. The zero-order valence-corrected chi connectivity index (χ0v) is 18.1. The molecule has 0 aliphatic rings. The first kappa shape index (κ1) is 21.2. The minimum atomic E-state index is -0.387. The Kier molecular flexibility index (Phi) is 6.55. The molecule has 1 atom stereocenters. The summed E-state index contributed by atoms with van der Waals surface area (Å²) in [5.41, 5.74) is 2.71. The molecular weight excluding hydrogens is 404 g/mol. The number of carbonyl (C=O) groups is 1. The van der Waals surface area contributed by atoms with E-state index in [9.17, 15) is 4.79 Å². The first-order chi connectivity index (χ1) is 15.6. The summed E-state index contributed by atoms with van der Waals surface area (Å²) in [5.74, 6) is 1.87. The summed E-state index contributed by atoms with van der Waals surface area (Å²) >= 11 is 0. The van der Waals surface area contributed by atoms with Crippen molar-refractivity contribution in [3.8, 4) is 11.5 Å². The van der Waals surface area contributed by atoms with Crippen LogP contribution in [-0.4, -0.2) is 29.4 Å². The number of urea groups is 1. The van der Waals surface area contributed by atoms with E-state index < -0.39 is 0 Å². The van der Waals surface area contributed by atoms with Gasteiger partial charge in [-0.05, 0) is 49.6 Å². The number of carbonyl (C=O) groups excluding carboxylic acids is 1. The second kappa shape index (κ2) is 9.87. The summed E-state index contributed by atoms with van der Waals surface area (Å²) in [4.78, 5) is 12.4. The molecule has 1 heterocycles. The molecule has 0 bridgehead atoms. The standard InChI is InChI=1S/C25H26N4O3/c1-17(11-12-18-7-4-3-5-8-18)32-21-13-14-22-23(16-21)28-29-24(22)27-25(30)26-19-9-6-10-20(15-19)31-2/h3-10,13-17H,11-12H2,1-2H3,(H3,26,27,28,29,30). The molecule has 0 radical (unpaired) electrons. The van der Waals surface area contributed by atoms with Crippen LogP contribution in [0.15, 0.2) is 72.8 Å². The van der Waals surface area contributed by atoms with Gasteiger partial charge in [0, 0.05) is 23.2 Å². The lowest BCUT2D eigenvalue weighted by Crippen LogP contribution is -2.19. The zero-order chi connectivity index (χ0) is 22.3. The monoisotopic (exact) mass is 430 g/mol. The number of hydrogen-bond donors (Lipinski definition) is 3. The van der Waals surface area contributed by atoms with Gasteiger partial charge in [0.15, 0.2) is 5.82 Å². The maximum Gasteiger partial charge on any atom is 0.324 e. The molecule has 7 heteroatoms. The number of aromatic nitrogens is 2. The Hall–Kier alpha value is -4.00. The molecule has 4 rings (SSSR count). The van der Waals surface area contributed by atoms with E-state index in [1.165, 1.54) is 5.56 Å². The number of anilines is 2. The average molecular weight is 431 g/mol. The van der Waals surface area contributed by atoms with Crippen molar-refractivity contribution in [3.05, 3.63) is 78.4 Å². The van der Waals surface area contributed by atoms with Crippen LogP contribution in [-0.2, 0) is 6.42 Å². The summed E-state index contributed by atoms with van der Waals surface area (Å²) in [6.07, 6.45) is 1.95. The van der Waals surface area contributed by atoms with E-state index in [0.29, 0.717) is 17.3 Å². The fourth-order valence-electron chi connectivity index (χ4n) is 3.44. The molecule has 0 saturated heterocycles. The lowest BCUT2D eigenvalue weighted by molar-refractivity contribution is 0.211. The van der Waals surface area contributed by atoms with E-state index in [2.05, 4.69) is 52.0 Å². The van der Waals surface area contributed by atoms with Crippen molar-refractivity contribution in [2.24, 2.45) is 0 Å². The van der Waals surface area contributed by atoms with Crippen LogP contribution in [0.5, 0.6) is 11.5 Å². The summed E-state index contributed by atoms with van der Waals surface area (Å²) in [6, 6.07) is 22.8. The fourth-order valence-corrected chi connectivity index (χ4v) is 3.44. The molecule has 0 spiro atoms. The quantitative estimate of drug-likeness (QED) is 0.339. The van der Waals surface area contributed by atoms with Gasteiger partial charge in [-0.25, -0.2) is 4.79 Å². The first-order valence-corrected chi connectivity index (χ1v) is 10.5. The molecule has 4 aromatic rings. The third kappa shape index (κ3) is 5.37. The van der Waals surface area contributed by atoms with E-state index >= 15 is 0 Å². The predicted octanol–water partition coefficient (Wildman–Crippen LogP) is 5.62. The molecule has 1 aromatic heterocycles. The second-order valence-electron chi connectivity index (χ2n) is 7.54. The highest BCUT2D eigenvalue weighted by Gasteiger charge is 2.12. The van der Waals surface area contributed by atoms with Crippen molar-refractivity contribution in [1.82, 2.24) is 10.2 Å². The predicted molar refractivity (Wildman–Crippen MR) is 127 cm³/mol. The van der Waals surface area contributed by atoms with Crippen molar-refractivity contribution < 1.29 is 14.3 Å². The minimum absolute atomic E-state index is 0.0711. The van der Waals surface area contributed by atoms with Crippen LogP contribution in [0, 0.1) is 0 Å². The molecule has 3 N–H and O–H groups in total. The number of methoxy groups -OCH3 is 1. The van der Waals surface area contributed by atoms with Gasteiger partial charge in [0.25, 0.3) is 0 Å². The number of fused-ring (bicyclic) bond motifs is 1. The number of rotatable bonds is 8. The maximum atomic E-state index is 12.4. The van der Waals surface area contributed by atoms with Gasteiger partial charge in [-0.15, -0.1) is 0 Å². The smallest absolute Gasteiger partial charge is 0.324 e. The number of ether oxygens (including phenoxy) is 2. The van der Waals surface area contributed by atoms with Gasteiger partial charge in [-0.2, -0.15) is 5.10 Å². The first-order valence-electron chi connectivity index (χ1n) is 10.5. The molecule has 0 fully saturated rings. The summed E-state index contributed by atoms with van der Waals surface area (Å²) < 4.78 is 11.3. The Balaban J connectivity index is 1.36. The Morgan fingerprint density at radius 1 is 1.00 bits per heavy atom. The van der Waals surface area contributed by atoms with Crippen LogP contribution < -0.4 is 20.1 Å². The zero-order valence-electron chi connectivity index (χ0n) is 18.1. The highest BCUT2D eigenvalue weighted by Crippen LogP contribution is 2.26. The molecule has 0 aliphatic heterocycles. The van der Waals surface area contributed by atoms with E-state index in [4.69, 9.17) is 9.47 Å². The van der Waals surface area contributed by atoms with Gasteiger partial charge in [-0.1, -0.05) is 36.4 Å². The van der Waals surface area contributed by atoms with Crippen LogP contribution in [0.3, 0.4) is 0 Å². The van der Waals surface area contributed by atoms with Crippen LogP contribution in [0.2, 0.25) is 0 Å². The number of nitrogens with one attached hydrogen (secondary N) is 3. The van der Waals surface area contributed by atoms with Crippen molar-refractivity contribution in [2.45, 2.75) is 25.9 Å². The molecule has 3 aromatic carbocycles. The van der Waals surface area contributed by atoms with Gasteiger partial charge in [0.1, 0.15) is 11.5 Å². The summed E-state index contributed by atoms with van der Waals surface area (Å²) in [6.45, 7) is 2.07. The molecular formula is C25H26N4O3. The van der Waals surface area contributed by atoms with Crippen molar-refractivity contribution in [3.63, 3.8) is 0 Å². The highest BCUT2D eigenvalue weighted by atomic mass is 16.5. The highest BCUT2D eigenvalue weighted by molar-refractivity contribution is 6.04. The van der Waals surface area contributed by atoms with E-state index in [-0.39, 0.29) is 12.1 Å². The van der Waals surface area contributed by atoms with Crippen molar-refractivity contribution in [2.75, 3.05) is 17.7 Å². The van der Waals surface area contributed by atoms with Gasteiger partial charge in [-0.3, -0.25) is 10.4 Å². The third-order valence-corrected chi connectivity index (χ3v) is 5.11. The van der Waals surface area contributed by atoms with Crippen LogP contribution in [0.25, 0.3) is 10.9 Å². The second-order valence-corrected chi connectivity index (χ2v) is 7.54. The lowest BCUT2D eigenvalue weighted by Gasteiger charge is -2.14. The lowest BCUT2D eigenvalue weighted by atomic mass is 10.1. The number of H-pyrrole nitrogens is 1. The Bertz CT molecular complexity index is 1190. The number of aryl methyl sites for hydroxylation is 1. The summed E-state index contributed by atoms with van der Waals surface area (Å²) in [7, 11) is 1.58. The number of benzene rings is 3. The SMILES string of the molecule is COc1cccc(NC(=O)Nc2n[nH]c3cc(OC(C)CCc4ccccc4)ccc23)c1. The minimum Gasteiger partial charge on any atom is -0.497 e. The molecule has 0 saturated carbocycles. The van der Waals surface area contributed by atoms with Gasteiger partial charge in [0.2, 0.25) is 0 Å². The maximum absolute atomic E-state index is 12.4. The topological polar surface area (TPSA) is 88.3 Å². The molecule has 32 heavy (non-hydrogen) atoms. The molecule has 0 aliphatic carbocycles. The normalized spacial score (nSPS) is 11.7. The Morgan fingerprint density at radius 2 is 1.84 bits per heavy atom. The van der Waals surface area contributed by atoms with E-state index in [1.807, 2.05) is 30.3 Å². The Labute approximate surface area is 186 Å². The average Bonchev–Trinajstić information content (AvgIpc) is 3.20. The van der Waals surface area contributed by atoms with Crippen molar-refractivity contribution >= 4 is 28.4 Å². The fraction of sp³-hybridized carbons (Fsp3) is 0.200. The van der Waals surface area contributed by atoms with Gasteiger partial charge in [0.05, 0.1) is 18.7 Å². The van der Waals surface area contributed by atoms with Crippen molar-refractivity contribution in [1.29, 1.82) is 0 Å². The number of aromatic amines is 1. The molecule has 2 amide bonds. The molecule has 164 valence electrons. The number of nitrogens with zero attached hydrogens (tertiary/aromatic N) is 1. The van der Waals surface area contributed by atoms with Crippen LogP contribution in [0.4, 0.5) is 16.3 Å². The van der Waals surface area contributed by atoms with Gasteiger partial charge < -0.3 is 14.8 Å².